The molecule has 2 aliphatic carbocycles. The SMILES string of the molecule is O=C(NC1CCCCC1)PC([O-])=NC1CCCCC1. The van der Waals surface area contributed by atoms with Crippen molar-refractivity contribution in [3.8, 4) is 0 Å². The van der Waals surface area contributed by atoms with Gasteiger partial charge in [0.25, 0.3) is 0 Å². The first kappa shape index (κ1) is 14.8. The van der Waals surface area contributed by atoms with Crippen LogP contribution in [0.3, 0.4) is 0 Å². The summed E-state index contributed by atoms with van der Waals surface area (Å²) >= 11 is 0. The molecule has 1 unspecified atom stereocenters. The minimum atomic E-state index is -0.327. The molecule has 1 amide bonds. The Bertz CT molecular complexity index is 321. The molecule has 0 aromatic rings. The fourth-order valence-electron chi connectivity index (χ4n) is 2.97. The second kappa shape index (κ2) is 7.84. The number of nitrogens with zero attached hydrogens (tertiary/aromatic N) is 1. The molecule has 0 aromatic carbocycles. The molecule has 0 saturated heterocycles. The minimum absolute atomic E-state index is 0.114. The van der Waals surface area contributed by atoms with Crippen molar-refractivity contribution in [2.75, 3.05) is 0 Å². The second-order valence-corrected chi connectivity index (χ2v) is 6.79. The highest BCUT2D eigenvalue weighted by Crippen LogP contribution is 2.23. The van der Waals surface area contributed by atoms with E-state index in [2.05, 4.69) is 10.3 Å². The Morgan fingerprint density at radius 2 is 1.58 bits per heavy atom. The number of hydrogen-bond donors (Lipinski definition) is 1. The molecule has 2 fully saturated rings. The van der Waals surface area contributed by atoms with E-state index in [1.807, 2.05) is 0 Å². The molecule has 4 nitrogen and oxygen atoms in total. The third kappa shape index (κ3) is 5.48. The van der Waals surface area contributed by atoms with E-state index in [0.717, 1.165) is 25.7 Å². The molecule has 0 heterocycles. The van der Waals surface area contributed by atoms with Gasteiger partial charge in [-0.05, 0) is 31.3 Å². The Morgan fingerprint density at radius 1 is 1.00 bits per heavy atom. The van der Waals surface area contributed by atoms with Crippen molar-refractivity contribution in [3.63, 3.8) is 0 Å². The van der Waals surface area contributed by atoms with Crippen molar-refractivity contribution < 1.29 is 9.90 Å². The average molecular weight is 283 g/mol. The lowest BCUT2D eigenvalue weighted by molar-refractivity contribution is -0.207. The van der Waals surface area contributed by atoms with E-state index in [1.54, 1.807) is 0 Å². The van der Waals surface area contributed by atoms with Gasteiger partial charge in [0, 0.05) is 20.7 Å². The average Bonchev–Trinajstić information content (AvgIpc) is 2.40. The maximum Gasteiger partial charge on any atom is 0.242 e. The van der Waals surface area contributed by atoms with Gasteiger partial charge in [0.05, 0.1) is 0 Å². The van der Waals surface area contributed by atoms with Gasteiger partial charge < -0.3 is 10.4 Å². The first-order valence-corrected chi connectivity index (χ1v) is 8.56. The van der Waals surface area contributed by atoms with E-state index in [-0.39, 0.29) is 32.0 Å². The van der Waals surface area contributed by atoms with Crippen molar-refractivity contribution in [2.45, 2.75) is 76.3 Å². The number of hydrogen-bond acceptors (Lipinski definition) is 3. The van der Waals surface area contributed by atoms with Gasteiger partial charge in [0.2, 0.25) is 5.65 Å². The third-order valence-electron chi connectivity index (χ3n) is 4.04. The first-order chi connectivity index (χ1) is 9.24. The molecule has 2 saturated carbocycles. The molecule has 0 radical (unpaired) electrons. The first-order valence-electron chi connectivity index (χ1n) is 7.56. The monoisotopic (exact) mass is 283 g/mol. The Labute approximate surface area is 117 Å². The summed E-state index contributed by atoms with van der Waals surface area (Å²) in [7, 11) is -0.327. The maximum atomic E-state index is 11.8. The zero-order valence-electron chi connectivity index (χ0n) is 11.5. The molecule has 108 valence electrons. The Hall–Kier alpha value is -0.630. The van der Waals surface area contributed by atoms with Crippen LogP contribution < -0.4 is 10.4 Å². The van der Waals surface area contributed by atoms with Crippen molar-refractivity contribution in [1.29, 1.82) is 0 Å². The van der Waals surface area contributed by atoms with E-state index in [4.69, 9.17) is 0 Å². The molecule has 0 aromatic heterocycles. The summed E-state index contributed by atoms with van der Waals surface area (Å²) in [5.41, 5.74) is -0.323. The fraction of sp³-hybridized carbons (Fsp3) is 0.857. The quantitative estimate of drug-likeness (QED) is 0.490. The molecular formula is C14H24N2O2P-. The second-order valence-electron chi connectivity index (χ2n) is 5.66. The maximum absolute atomic E-state index is 11.8. The smallest absolute Gasteiger partial charge is 0.242 e. The lowest BCUT2D eigenvalue weighted by Gasteiger charge is -2.24. The molecule has 0 aliphatic heterocycles. The number of nitrogens with one attached hydrogen (secondary N) is 1. The number of rotatable bonds is 4. The molecule has 2 aliphatic rings. The third-order valence-corrected chi connectivity index (χ3v) is 4.75. The standard InChI is InChI=1S/C14H25N2O2P/c17-13(15-11-7-3-1-4-8-11)19-14(18)16-12-9-5-2-6-10-12/h11-12,19H,1-10H2,(H,15,17)(H,16,18)/p-1. The Morgan fingerprint density at radius 3 is 2.21 bits per heavy atom. The van der Waals surface area contributed by atoms with Gasteiger partial charge in [-0.3, -0.25) is 9.79 Å². The van der Waals surface area contributed by atoms with Gasteiger partial charge in [-0.2, -0.15) is 0 Å². The summed E-state index contributed by atoms with van der Waals surface area (Å²) in [5.74, 6) is 0. The summed E-state index contributed by atoms with van der Waals surface area (Å²) in [4.78, 5) is 16.0. The van der Waals surface area contributed by atoms with Gasteiger partial charge in [-0.1, -0.05) is 38.5 Å². The van der Waals surface area contributed by atoms with E-state index in [9.17, 15) is 9.90 Å². The largest absolute Gasteiger partial charge is 0.858 e. The zero-order chi connectivity index (χ0) is 13.5. The molecular weight excluding hydrogens is 259 g/mol. The predicted molar refractivity (Wildman–Crippen MR) is 78.0 cm³/mol. The fourth-order valence-corrected chi connectivity index (χ4v) is 3.69. The van der Waals surface area contributed by atoms with E-state index in [1.165, 1.54) is 38.5 Å². The van der Waals surface area contributed by atoms with Crippen molar-refractivity contribution in [2.24, 2.45) is 4.99 Å². The predicted octanol–water partition coefficient (Wildman–Crippen LogP) is 2.76. The normalized spacial score (nSPS) is 23.9. The lowest BCUT2D eigenvalue weighted by atomic mass is 9.96. The van der Waals surface area contributed by atoms with Gasteiger partial charge >= 0.3 is 0 Å². The Balaban J connectivity index is 1.72. The molecule has 1 atom stereocenters. The van der Waals surface area contributed by atoms with Crippen LogP contribution in [0.15, 0.2) is 4.99 Å². The molecule has 1 N–H and O–H groups in total. The van der Waals surface area contributed by atoms with Crippen molar-refractivity contribution in [1.82, 2.24) is 5.32 Å². The van der Waals surface area contributed by atoms with Crippen LogP contribution in [0.4, 0.5) is 4.79 Å². The number of carbonyl (C=O) groups is 1. The number of aliphatic imine (C=N–C) groups is 1. The van der Waals surface area contributed by atoms with Crippen LogP contribution in [-0.4, -0.2) is 23.4 Å². The minimum Gasteiger partial charge on any atom is -0.858 e. The summed E-state index contributed by atoms with van der Waals surface area (Å²) in [6, 6.07) is 0.465. The van der Waals surface area contributed by atoms with Crippen molar-refractivity contribution >= 4 is 19.9 Å². The molecule has 5 heteroatoms. The Kier molecular flexibility index (Phi) is 6.09. The summed E-state index contributed by atoms with van der Waals surface area (Å²) in [6.45, 7) is 0. The highest BCUT2D eigenvalue weighted by Gasteiger charge is 2.16. The highest BCUT2D eigenvalue weighted by molar-refractivity contribution is 7.73. The van der Waals surface area contributed by atoms with Crippen LogP contribution in [0, 0.1) is 0 Å². The zero-order valence-corrected chi connectivity index (χ0v) is 12.5. The van der Waals surface area contributed by atoms with Crippen LogP contribution in [-0.2, 0) is 0 Å². The number of amides is 1. The molecule has 0 bridgehead atoms. The lowest BCUT2D eigenvalue weighted by Crippen LogP contribution is -2.34. The summed E-state index contributed by atoms with van der Waals surface area (Å²) in [5, 5.41) is 14.7. The van der Waals surface area contributed by atoms with Gasteiger partial charge in [-0.15, -0.1) is 0 Å². The van der Waals surface area contributed by atoms with Crippen LogP contribution in [0.2, 0.25) is 0 Å². The van der Waals surface area contributed by atoms with Crippen molar-refractivity contribution in [3.05, 3.63) is 0 Å². The molecule has 2 rings (SSSR count). The van der Waals surface area contributed by atoms with Crippen LogP contribution in [0.5, 0.6) is 0 Å². The number of carbonyl (C=O) groups excluding carboxylic acids is 1. The van der Waals surface area contributed by atoms with Crippen LogP contribution in [0.25, 0.3) is 0 Å². The summed E-state index contributed by atoms with van der Waals surface area (Å²) < 4.78 is 0. The highest BCUT2D eigenvalue weighted by atomic mass is 31.1. The van der Waals surface area contributed by atoms with Gasteiger partial charge in [0.15, 0.2) is 0 Å². The van der Waals surface area contributed by atoms with Crippen LogP contribution >= 0.6 is 8.58 Å². The van der Waals surface area contributed by atoms with E-state index < -0.39 is 0 Å². The molecule has 19 heavy (non-hydrogen) atoms. The van der Waals surface area contributed by atoms with E-state index >= 15 is 0 Å². The van der Waals surface area contributed by atoms with Gasteiger partial charge in [0.1, 0.15) is 0 Å². The van der Waals surface area contributed by atoms with Gasteiger partial charge in [-0.25, -0.2) is 0 Å². The van der Waals surface area contributed by atoms with Crippen LogP contribution in [0.1, 0.15) is 64.2 Å². The van der Waals surface area contributed by atoms with E-state index in [0.29, 0.717) is 0 Å². The topological polar surface area (TPSA) is 64.5 Å². The molecule has 0 spiro atoms. The summed E-state index contributed by atoms with van der Waals surface area (Å²) in [6.07, 6.45) is 11.4.